The zero-order chi connectivity index (χ0) is 13.8. The molecule has 19 heavy (non-hydrogen) atoms. The van der Waals surface area contributed by atoms with Crippen molar-refractivity contribution in [2.24, 2.45) is 5.73 Å². The highest BCUT2D eigenvalue weighted by Crippen LogP contribution is 2.22. The van der Waals surface area contributed by atoms with Crippen molar-refractivity contribution in [2.75, 3.05) is 0 Å². The minimum Gasteiger partial charge on any atom is -0.366 e. The van der Waals surface area contributed by atoms with E-state index in [9.17, 15) is 9.18 Å². The predicted molar refractivity (Wildman–Crippen MR) is 77.5 cm³/mol. The van der Waals surface area contributed by atoms with Crippen molar-refractivity contribution < 1.29 is 9.18 Å². The van der Waals surface area contributed by atoms with E-state index in [4.69, 9.17) is 5.73 Å². The van der Waals surface area contributed by atoms with Crippen LogP contribution in [0, 0.1) is 5.82 Å². The Morgan fingerprint density at radius 3 is 2.74 bits per heavy atom. The van der Waals surface area contributed by atoms with Gasteiger partial charge in [0.25, 0.3) is 0 Å². The van der Waals surface area contributed by atoms with Gasteiger partial charge in [0.1, 0.15) is 5.82 Å². The van der Waals surface area contributed by atoms with Crippen molar-refractivity contribution >= 4 is 33.2 Å². The number of carbonyl (C=O) groups excluding carboxylic acids is 1. The second-order valence-corrected chi connectivity index (χ2v) is 5.82. The molecule has 3 nitrogen and oxygen atoms in total. The third-order valence-corrected chi connectivity index (χ3v) is 4.56. The number of hydrogen-bond acceptors (Lipinski definition) is 3. The first-order valence-corrected chi connectivity index (χ1v) is 7.26. The van der Waals surface area contributed by atoms with Gasteiger partial charge in [-0.2, -0.15) is 0 Å². The van der Waals surface area contributed by atoms with Crippen LogP contribution < -0.4 is 11.1 Å². The van der Waals surface area contributed by atoms with Crippen molar-refractivity contribution in [1.82, 2.24) is 5.32 Å². The van der Waals surface area contributed by atoms with Crippen LogP contribution in [0.2, 0.25) is 0 Å². The number of halogens is 2. The number of rotatable bonds is 5. The summed E-state index contributed by atoms with van der Waals surface area (Å²) in [6.07, 6.45) is 0. The van der Waals surface area contributed by atoms with E-state index in [1.807, 2.05) is 11.4 Å². The van der Waals surface area contributed by atoms with E-state index in [0.29, 0.717) is 18.7 Å². The maximum Gasteiger partial charge on any atom is 0.248 e. The van der Waals surface area contributed by atoms with Crippen LogP contribution in [0.15, 0.2) is 34.1 Å². The Morgan fingerprint density at radius 2 is 2.16 bits per heavy atom. The fourth-order valence-corrected chi connectivity index (χ4v) is 3.07. The highest BCUT2D eigenvalue weighted by Gasteiger charge is 2.07. The monoisotopic (exact) mass is 342 g/mol. The highest BCUT2D eigenvalue weighted by molar-refractivity contribution is 9.10. The maximum absolute atomic E-state index is 13.7. The average molecular weight is 343 g/mol. The van der Waals surface area contributed by atoms with Crippen LogP contribution in [0.25, 0.3) is 0 Å². The Labute approximate surface area is 122 Å². The van der Waals surface area contributed by atoms with E-state index in [1.54, 1.807) is 17.4 Å². The summed E-state index contributed by atoms with van der Waals surface area (Å²) in [6, 6.07) is 6.25. The molecule has 0 radical (unpaired) electrons. The van der Waals surface area contributed by atoms with E-state index in [2.05, 4.69) is 21.2 Å². The molecule has 0 fully saturated rings. The number of benzene rings is 1. The molecule has 100 valence electrons. The van der Waals surface area contributed by atoms with Crippen LogP contribution >= 0.6 is 27.3 Å². The van der Waals surface area contributed by atoms with Crippen molar-refractivity contribution in [3.63, 3.8) is 0 Å². The molecule has 0 bridgehead atoms. The highest BCUT2D eigenvalue weighted by atomic mass is 79.9. The molecule has 2 aromatic rings. The van der Waals surface area contributed by atoms with Gasteiger partial charge in [0.15, 0.2) is 0 Å². The van der Waals surface area contributed by atoms with E-state index >= 15 is 0 Å². The Morgan fingerprint density at radius 1 is 1.37 bits per heavy atom. The molecule has 6 heteroatoms. The number of carbonyl (C=O) groups is 1. The van der Waals surface area contributed by atoms with E-state index in [0.717, 1.165) is 9.35 Å². The third kappa shape index (κ3) is 3.62. The Balaban J connectivity index is 1.96. The number of nitrogens with two attached hydrogens (primary N) is 1. The van der Waals surface area contributed by atoms with Gasteiger partial charge in [-0.15, -0.1) is 11.3 Å². The van der Waals surface area contributed by atoms with Crippen LogP contribution in [-0.4, -0.2) is 5.91 Å². The van der Waals surface area contributed by atoms with Gasteiger partial charge in [-0.3, -0.25) is 4.79 Å². The van der Waals surface area contributed by atoms with E-state index in [1.165, 1.54) is 12.1 Å². The summed E-state index contributed by atoms with van der Waals surface area (Å²) in [5, 5.41) is 5.15. The fraction of sp³-hybridized carbons (Fsp3) is 0.154. The molecular formula is C13H12BrFN2OS. The molecule has 0 atom stereocenters. The van der Waals surface area contributed by atoms with E-state index in [-0.39, 0.29) is 5.56 Å². The van der Waals surface area contributed by atoms with Crippen molar-refractivity contribution in [1.29, 1.82) is 0 Å². The normalized spacial score (nSPS) is 10.6. The zero-order valence-corrected chi connectivity index (χ0v) is 12.4. The van der Waals surface area contributed by atoms with Crippen molar-refractivity contribution in [2.45, 2.75) is 13.1 Å². The molecule has 0 saturated heterocycles. The summed E-state index contributed by atoms with van der Waals surface area (Å²) in [6.45, 7) is 1.06. The van der Waals surface area contributed by atoms with Crippen LogP contribution in [-0.2, 0) is 13.1 Å². The lowest BCUT2D eigenvalue weighted by Crippen LogP contribution is -2.15. The minimum atomic E-state index is -0.624. The zero-order valence-electron chi connectivity index (χ0n) is 9.95. The summed E-state index contributed by atoms with van der Waals surface area (Å²) in [5.74, 6) is -1.05. The average Bonchev–Trinajstić information content (AvgIpc) is 2.77. The number of hydrogen-bond donors (Lipinski definition) is 2. The molecular weight excluding hydrogens is 331 g/mol. The van der Waals surface area contributed by atoms with Crippen molar-refractivity contribution in [3.8, 4) is 0 Å². The summed E-state index contributed by atoms with van der Waals surface area (Å²) in [5.41, 5.74) is 5.78. The summed E-state index contributed by atoms with van der Waals surface area (Å²) < 4.78 is 14.8. The third-order valence-electron chi connectivity index (χ3n) is 2.63. The molecule has 0 aliphatic carbocycles. The molecule has 0 aliphatic rings. The number of thiophene rings is 1. The molecule has 0 aliphatic heterocycles. The molecule has 0 spiro atoms. The quantitative estimate of drug-likeness (QED) is 0.877. The Hall–Kier alpha value is -1.24. The van der Waals surface area contributed by atoms with Crippen LogP contribution in [0.1, 0.15) is 20.8 Å². The molecule has 0 unspecified atom stereocenters. The van der Waals surface area contributed by atoms with Gasteiger partial charge >= 0.3 is 0 Å². The molecule has 2 rings (SSSR count). The molecule has 0 saturated carbocycles. The largest absolute Gasteiger partial charge is 0.366 e. The number of primary amides is 1. The van der Waals surface area contributed by atoms with Gasteiger partial charge in [0.05, 0.1) is 0 Å². The SMILES string of the molecule is NC(=O)c1ccc(CNCc2sccc2Br)c(F)c1. The first-order chi connectivity index (χ1) is 9.08. The molecule has 1 amide bonds. The van der Waals surface area contributed by atoms with Crippen molar-refractivity contribution in [3.05, 3.63) is 55.9 Å². The lowest BCUT2D eigenvalue weighted by atomic mass is 10.1. The lowest BCUT2D eigenvalue weighted by molar-refractivity contribution is 0.1000. The Bertz CT molecular complexity index is 600. The summed E-state index contributed by atoms with van der Waals surface area (Å²) >= 11 is 5.07. The minimum absolute atomic E-state index is 0.183. The van der Waals surface area contributed by atoms with Crippen LogP contribution in [0.3, 0.4) is 0 Å². The summed E-state index contributed by atoms with van der Waals surface area (Å²) in [4.78, 5) is 12.1. The smallest absolute Gasteiger partial charge is 0.248 e. The van der Waals surface area contributed by atoms with Gasteiger partial charge in [-0.05, 0) is 39.5 Å². The summed E-state index contributed by atoms with van der Waals surface area (Å²) in [7, 11) is 0. The number of amides is 1. The van der Waals surface area contributed by atoms with Gasteiger partial charge in [-0.25, -0.2) is 4.39 Å². The predicted octanol–water partition coefficient (Wildman–Crippen LogP) is 3.04. The molecule has 1 aromatic carbocycles. The molecule has 1 aromatic heterocycles. The van der Waals surface area contributed by atoms with E-state index < -0.39 is 11.7 Å². The van der Waals surface area contributed by atoms with Gasteiger partial charge in [0, 0.05) is 33.6 Å². The Kier molecular flexibility index (Phi) is 4.68. The second-order valence-electron chi connectivity index (χ2n) is 3.97. The lowest BCUT2D eigenvalue weighted by Gasteiger charge is -2.06. The first-order valence-electron chi connectivity index (χ1n) is 5.58. The molecule has 1 heterocycles. The second kappa shape index (κ2) is 6.27. The topological polar surface area (TPSA) is 55.1 Å². The first kappa shape index (κ1) is 14.2. The van der Waals surface area contributed by atoms with Gasteiger partial charge in [-0.1, -0.05) is 6.07 Å². The standard InChI is InChI=1S/C13H12BrFN2OS/c14-10-3-4-19-12(10)7-17-6-9-2-1-8(13(16)18)5-11(9)15/h1-5,17H,6-7H2,(H2,16,18). The van der Waals surface area contributed by atoms with Gasteiger partial charge in [0.2, 0.25) is 5.91 Å². The van der Waals surface area contributed by atoms with Crippen LogP contribution in [0.4, 0.5) is 4.39 Å². The number of nitrogens with one attached hydrogen (secondary N) is 1. The van der Waals surface area contributed by atoms with Gasteiger partial charge < -0.3 is 11.1 Å². The fourth-order valence-electron chi connectivity index (χ4n) is 1.61. The van der Waals surface area contributed by atoms with Crippen LogP contribution in [0.5, 0.6) is 0 Å². The maximum atomic E-state index is 13.7. The molecule has 3 N–H and O–H groups in total.